The van der Waals surface area contributed by atoms with Crippen molar-refractivity contribution in [1.82, 2.24) is 15.2 Å². The number of fused-ring (bicyclic) bond motifs is 2. The van der Waals surface area contributed by atoms with Gasteiger partial charge < -0.3 is 36.2 Å². The molecule has 3 aliphatic heterocycles. The highest BCUT2D eigenvalue weighted by atomic mass is 79.9. The standard InChI is InChI=1S/C22H30N2OS.C16H21BrO.C6H12N2OS.C5H11NO/c1-21(2)9-10-22(3,4)18-13-15(5-6-17(18)21)19-14-26-20(23-19)24-11-7-16(25)8-12-24;1-15(2)7-8-16(3,4)13-9-11(14(18)10-17)5-6-12(13)15;7-6(10)8-3-1-5(9)2-4-8;7-5-1-3-6-4-2-5/h5-6,13-14,16,25H,7-12H2,1-4H3;5-6,9H,7-8,10H2,1-4H3;5,9H,1-4H2,(H2,7,10);5-7H,1-4H2. The second-order valence-electron chi connectivity index (χ2n) is 20.4. The van der Waals surface area contributed by atoms with Gasteiger partial charge in [-0.3, -0.25) is 4.79 Å². The number of ketones is 1. The molecule has 12 heteroatoms. The van der Waals surface area contributed by atoms with Gasteiger partial charge in [-0.1, -0.05) is 95.6 Å². The highest BCUT2D eigenvalue weighted by molar-refractivity contribution is 9.09. The molecule has 2 aliphatic carbocycles. The SMILES string of the molecule is CC1(C)CCC(C)(C)c2cc(-c3csc(N4CCC(O)CC4)n3)ccc21.CC1(C)CCC(C)(C)c2cc(C(=O)CBr)ccc21.NC(=S)N1CCC(O)CC1.OC1CCNCC1. The lowest BCUT2D eigenvalue weighted by molar-refractivity contribution is 0.102. The third-order valence-electron chi connectivity index (χ3n) is 13.8. The van der Waals surface area contributed by atoms with Crippen molar-refractivity contribution in [2.45, 2.75) is 160 Å². The molecule has 3 fully saturated rings. The van der Waals surface area contributed by atoms with Crippen LogP contribution in [0.25, 0.3) is 11.3 Å². The van der Waals surface area contributed by atoms with E-state index in [-0.39, 0.29) is 45.8 Å². The number of hydrogen-bond acceptors (Lipinski definition) is 9. The summed E-state index contributed by atoms with van der Waals surface area (Å²) in [4.78, 5) is 21.0. The van der Waals surface area contributed by atoms with Crippen LogP contribution < -0.4 is 16.0 Å². The number of Topliss-reactive ketones (excluding diaryl/α,β-unsaturated/α-hetero) is 1. The van der Waals surface area contributed by atoms with Gasteiger partial charge >= 0.3 is 0 Å². The van der Waals surface area contributed by atoms with Gasteiger partial charge in [0, 0.05) is 42.7 Å². The Morgan fingerprint density at radius 3 is 1.67 bits per heavy atom. The summed E-state index contributed by atoms with van der Waals surface area (Å²) in [5.41, 5.74) is 15.2. The number of thiazole rings is 1. The fourth-order valence-electron chi connectivity index (χ4n) is 9.08. The summed E-state index contributed by atoms with van der Waals surface area (Å²) < 4.78 is 0. The maximum atomic E-state index is 11.8. The number of nitrogens with two attached hydrogens (primary N) is 1. The summed E-state index contributed by atoms with van der Waals surface area (Å²) >= 11 is 9.75. The molecule has 0 amide bonds. The molecule has 3 saturated heterocycles. The van der Waals surface area contributed by atoms with E-state index in [1.165, 1.54) is 53.5 Å². The Bertz CT molecular complexity index is 1920. The molecular weight excluding hydrogens is 867 g/mol. The van der Waals surface area contributed by atoms with Crippen LogP contribution >= 0.6 is 39.5 Å². The molecule has 338 valence electrons. The van der Waals surface area contributed by atoms with Crippen LogP contribution in [0.2, 0.25) is 0 Å². The number of nitrogens with zero attached hydrogens (tertiary/aromatic N) is 3. The fraction of sp³-hybridized carbons (Fsp3) is 0.653. The third-order valence-corrected chi connectivity index (χ3v) is 15.4. The number of carbonyl (C=O) groups is 1. The van der Waals surface area contributed by atoms with E-state index in [0.717, 1.165) is 94.2 Å². The van der Waals surface area contributed by atoms with Crippen LogP contribution in [0.5, 0.6) is 0 Å². The van der Waals surface area contributed by atoms with Gasteiger partial charge in [0.25, 0.3) is 0 Å². The van der Waals surface area contributed by atoms with Crippen molar-refractivity contribution in [3.63, 3.8) is 0 Å². The Morgan fingerprint density at radius 1 is 0.738 bits per heavy atom. The monoisotopic (exact) mass is 939 g/mol. The van der Waals surface area contributed by atoms with Gasteiger partial charge in [-0.15, -0.1) is 11.3 Å². The Balaban J connectivity index is 0.000000173. The number of benzene rings is 2. The van der Waals surface area contributed by atoms with Crippen LogP contribution in [0.15, 0.2) is 41.8 Å². The van der Waals surface area contributed by atoms with Crippen LogP contribution in [-0.2, 0) is 21.7 Å². The fourth-order valence-corrected chi connectivity index (χ4v) is 10.5. The Labute approximate surface area is 384 Å². The van der Waals surface area contributed by atoms with Crippen LogP contribution in [0.4, 0.5) is 5.13 Å². The van der Waals surface area contributed by atoms with Crippen molar-refractivity contribution in [2.24, 2.45) is 5.73 Å². The van der Waals surface area contributed by atoms with Crippen molar-refractivity contribution in [3.05, 3.63) is 69.6 Å². The second kappa shape index (κ2) is 21.0. The molecule has 0 unspecified atom stereocenters. The molecule has 0 atom stereocenters. The molecule has 61 heavy (non-hydrogen) atoms. The number of hydrogen-bond donors (Lipinski definition) is 5. The lowest BCUT2D eigenvalue weighted by Crippen LogP contribution is -2.42. The van der Waals surface area contributed by atoms with E-state index < -0.39 is 0 Å². The second-order valence-corrected chi connectivity index (χ2v) is 22.2. The summed E-state index contributed by atoms with van der Waals surface area (Å²) in [6, 6.07) is 13.2. The van der Waals surface area contributed by atoms with Gasteiger partial charge in [-0.2, -0.15) is 0 Å². The quantitative estimate of drug-likeness (QED) is 0.0980. The first kappa shape index (κ1) is 49.6. The van der Waals surface area contributed by atoms with E-state index in [9.17, 15) is 9.90 Å². The highest BCUT2D eigenvalue weighted by Crippen LogP contribution is 2.48. The Morgan fingerprint density at radius 2 is 1.20 bits per heavy atom. The van der Waals surface area contributed by atoms with Gasteiger partial charge in [0.15, 0.2) is 16.0 Å². The minimum absolute atomic E-state index is 0.0266. The molecule has 6 N–H and O–H groups in total. The maximum absolute atomic E-state index is 11.8. The van der Waals surface area contributed by atoms with Crippen LogP contribution in [-0.4, -0.2) is 99.0 Å². The smallest absolute Gasteiger partial charge is 0.185 e. The van der Waals surface area contributed by atoms with E-state index in [0.29, 0.717) is 10.4 Å². The average Bonchev–Trinajstić information content (AvgIpc) is 3.73. The van der Waals surface area contributed by atoms with Gasteiger partial charge in [0.05, 0.1) is 29.3 Å². The molecule has 5 aliphatic rings. The van der Waals surface area contributed by atoms with E-state index in [4.69, 9.17) is 33.1 Å². The molecule has 4 heterocycles. The van der Waals surface area contributed by atoms with E-state index in [1.54, 1.807) is 11.3 Å². The number of anilines is 1. The minimum Gasteiger partial charge on any atom is -0.393 e. The lowest BCUT2D eigenvalue weighted by Gasteiger charge is -2.42. The number of piperidine rings is 3. The first-order valence-electron chi connectivity index (χ1n) is 22.5. The number of likely N-dealkylation sites (tertiary alicyclic amines) is 1. The minimum atomic E-state index is -0.148. The van der Waals surface area contributed by atoms with Gasteiger partial charge in [-0.05, 0) is 146 Å². The van der Waals surface area contributed by atoms with Crippen molar-refractivity contribution >= 4 is 55.5 Å². The summed E-state index contributed by atoms with van der Waals surface area (Å²) in [6.07, 6.45) is 9.67. The summed E-state index contributed by atoms with van der Waals surface area (Å²) in [6.45, 7) is 24.0. The molecule has 9 nitrogen and oxygen atoms in total. The Kier molecular flexibility index (Phi) is 17.1. The molecular formula is C49H74BrN5O4S2. The molecule has 0 spiro atoms. The van der Waals surface area contributed by atoms with E-state index in [2.05, 4.69) is 117 Å². The van der Waals surface area contributed by atoms with Crippen LogP contribution in [0, 0.1) is 0 Å². The molecule has 0 bridgehead atoms. The number of halogens is 1. The zero-order valence-corrected chi connectivity index (χ0v) is 41.4. The largest absolute Gasteiger partial charge is 0.393 e. The van der Waals surface area contributed by atoms with Crippen LogP contribution in [0.1, 0.15) is 152 Å². The Hall–Kier alpha value is -2.45. The first-order valence-corrected chi connectivity index (χ1v) is 24.9. The molecule has 8 rings (SSSR count). The summed E-state index contributed by atoms with van der Waals surface area (Å²) in [5.74, 6) is 0.164. The predicted octanol–water partition coefficient (Wildman–Crippen LogP) is 9.15. The van der Waals surface area contributed by atoms with Gasteiger partial charge in [-0.25, -0.2) is 4.98 Å². The van der Waals surface area contributed by atoms with Crippen molar-refractivity contribution in [3.8, 4) is 11.3 Å². The topological polar surface area (TPSA) is 135 Å². The van der Waals surface area contributed by atoms with Crippen molar-refractivity contribution < 1.29 is 20.1 Å². The van der Waals surface area contributed by atoms with E-state index >= 15 is 0 Å². The normalized spacial score (nSPS) is 21.8. The summed E-state index contributed by atoms with van der Waals surface area (Å²) in [5, 5.41) is 35.0. The maximum Gasteiger partial charge on any atom is 0.185 e. The molecule has 2 aromatic carbocycles. The molecule has 0 radical (unpaired) electrons. The van der Waals surface area contributed by atoms with Crippen molar-refractivity contribution in [1.29, 1.82) is 0 Å². The zero-order chi connectivity index (χ0) is 44.8. The third kappa shape index (κ3) is 13.1. The lowest BCUT2D eigenvalue weighted by atomic mass is 9.63. The number of nitrogens with one attached hydrogen (secondary N) is 1. The first-order chi connectivity index (χ1) is 28.6. The predicted molar refractivity (Wildman–Crippen MR) is 262 cm³/mol. The average molecular weight is 941 g/mol. The number of thiocarbonyl (C=S) groups is 1. The molecule has 3 aromatic rings. The van der Waals surface area contributed by atoms with Gasteiger partial charge in [0.2, 0.25) is 0 Å². The number of aromatic nitrogens is 1. The number of rotatable bonds is 4. The number of carbonyl (C=O) groups excluding carboxylic acids is 1. The number of alkyl halides is 1. The number of aliphatic hydroxyl groups is 3. The van der Waals surface area contributed by atoms with Crippen LogP contribution in [0.3, 0.4) is 0 Å². The van der Waals surface area contributed by atoms with Gasteiger partial charge in [0.1, 0.15) is 0 Å². The van der Waals surface area contributed by atoms with Crippen molar-refractivity contribution in [2.75, 3.05) is 49.5 Å². The molecule has 1 aromatic heterocycles. The molecule has 0 saturated carbocycles. The van der Waals surface area contributed by atoms with E-state index in [1.807, 2.05) is 11.0 Å². The number of aliphatic hydroxyl groups excluding tert-OH is 3. The zero-order valence-electron chi connectivity index (χ0n) is 38.2. The highest BCUT2D eigenvalue weighted by Gasteiger charge is 2.38. The summed E-state index contributed by atoms with van der Waals surface area (Å²) in [7, 11) is 0.